The summed E-state index contributed by atoms with van der Waals surface area (Å²) in [5.41, 5.74) is 3.11. The van der Waals surface area contributed by atoms with Crippen LogP contribution >= 0.6 is 11.3 Å². The molecule has 0 saturated carbocycles. The summed E-state index contributed by atoms with van der Waals surface area (Å²) in [5, 5.41) is 2.05. The molecule has 3 rings (SSSR count). The van der Waals surface area contributed by atoms with E-state index >= 15 is 0 Å². The van der Waals surface area contributed by atoms with Gasteiger partial charge in [0, 0.05) is 18.0 Å². The van der Waals surface area contributed by atoms with Crippen molar-refractivity contribution in [1.82, 2.24) is 4.90 Å². The van der Waals surface area contributed by atoms with Crippen molar-refractivity contribution in [3.05, 3.63) is 51.2 Å². The van der Waals surface area contributed by atoms with E-state index in [2.05, 4.69) is 0 Å². The van der Waals surface area contributed by atoms with Crippen LogP contribution in [0.4, 0.5) is 0 Å². The summed E-state index contributed by atoms with van der Waals surface area (Å²) < 4.78 is 10.6. The Kier molecular flexibility index (Phi) is 5.38. The summed E-state index contributed by atoms with van der Waals surface area (Å²) in [7, 11) is 0. The molecule has 6 heteroatoms. The highest BCUT2D eigenvalue weighted by Crippen LogP contribution is 2.24. The molecule has 1 aromatic heterocycles. The number of carbonyl (C=O) groups excluding carboxylic acids is 2. The number of hydrogen-bond acceptors (Lipinski definition) is 5. The van der Waals surface area contributed by atoms with Crippen LogP contribution in [0.25, 0.3) is 0 Å². The number of benzene rings is 1. The van der Waals surface area contributed by atoms with E-state index in [9.17, 15) is 9.59 Å². The molecule has 1 amide bonds. The molecule has 0 fully saturated rings. The Hall–Kier alpha value is -2.34. The molecule has 1 aliphatic heterocycles. The molecule has 0 N–H and O–H groups in total. The minimum absolute atomic E-state index is 0.169. The average Bonchev–Trinajstić information content (AvgIpc) is 3.07. The average molecular weight is 359 g/mol. The van der Waals surface area contributed by atoms with Crippen LogP contribution in [0, 0.1) is 13.8 Å². The van der Waals surface area contributed by atoms with Crippen molar-refractivity contribution in [2.24, 2.45) is 0 Å². The number of thiophene rings is 1. The molecule has 0 spiro atoms. The molecule has 0 radical (unpaired) electrons. The maximum absolute atomic E-state index is 12.2. The Bertz CT molecular complexity index is 763. The highest BCUT2D eigenvalue weighted by molar-refractivity contribution is 7.10. The maximum Gasteiger partial charge on any atom is 0.344 e. The van der Waals surface area contributed by atoms with E-state index in [1.165, 1.54) is 10.4 Å². The molecule has 0 bridgehead atoms. The zero-order valence-electron chi connectivity index (χ0n) is 14.4. The summed E-state index contributed by atoms with van der Waals surface area (Å²) in [4.78, 5) is 27.2. The number of rotatable bonds is 5. The third-order valence-electron chi connectivity index (χ3n) is 4.26. The van der Waals surface area contributed by atoms with Crippen LogP contribution in [-0.4, -0.2) is 36.5 Å². The molecule has 1 aromatic carbocycles. The number of ether oxygens (including phenoxy) is 2. The molecule has 2 aromatic rings. The predicted molar refractivity (Wildman–Crippen MR) is 95.8 cm³/mol. The van der Waals surface area contributed by atoms with Crippen molar-refractivity contribution in [2.75, 3.05) is 19.8 Å². The number of amides is 1. The molecule has 0 unspecified atom stereocenters. The first-order valence-corrected chi connectivity index (χ1v) is 9.10. The lowest BCUT2D eigenvalue weighted by molar-refractivity contribution is -0.154. The topological polar surface area (TPSA) is 55.8 Å². The molecule has 25 heavy (non-hydrogen) atoms. The number of aryl methyl sites for hydroxylation is 2. The van der Waals surface area contributed by atoms with Crippen LogP contribution < -0.4 is 4.74 Å². The zero-order valence-corrected chi connectivity index (χ0v) is 15.2. The Labute approximate surface area is 151 Å². The van der Waals surface area contributed by atoms with Gasteiger partial charge in [-0.25, -0.2) is 4.79 Å². The first-order chi connectivity index (χ1) is 12.0. The van der Waals surface area contributed by atoms with Crippen molar-refractivity contribution in [3.63, 3.8) is 0 Å². The Morgan fingerprint density at radius 1 is 1.16 bits per heavy atom. The van der Waals surface area contributed by atoms with Gasteiger partial charge in [0.05, 0.1) is 0 Å². The fourth-order valence-corrected chi connectivity index (χ4v) is 3.78. The first-order valence-electron chi connectivity index (χ1n) is 8.22. The Balaban J connectivity index is 1.45. The zero-order chi connectivity index (χ0) is 17.8. The second kappa shape index (κ2) is 7.70. The van der Waals surface area contributed by atoms with Gasteiger partial charge in [0.25, 0.3) is 5.91 Å². The van der Waals surface area contributed by atoms with E-state index in [4.69, 9.17) is 9.47 Å². The Morgan fingerprint density at radius 3 is 2.68 bits per heavy atom. The molecule has 0 saturated heterocycles. The molecule has 132 valence electrons. The first kappa shape index (κ1) is 17.5. The van der Waals surface area contributed by atoms with E-state index in [-0.39, 0.29) is 19.1 Å². The summed E-state index contributed by atoms with van der Waals surface area (Å²) in [6.45, 7) is 4.66. The third kappa shape index (κ3) is 4.20. The SMILES string of the molecule is Cc1cccc(C)c1OCC(=O)OCC(=O)N1CCc2sccc2C1. The second-order valence-electron chi connectivity index (χ2n) is 6.10. The minimum atomic E-state index is -0.538. The largest absolute Gasteiger partial charge is 0.481 e. The van der Waals surface area contributed by atoms with Crippen LogP contribution in [0.1, 0.15) is 21.6 Å². The normalized spacial score (nSPS) is 13.3. The van der Waals surface area contributed by atoms with E-state index in [1.54, 1.807) is 16.2 Å². The molecule has 1 aliphatic rings. The lowest BCUT2D eigenvalue weighted by Crippen LogP contribution is -2.38. The number of fused-ring (bicyclic) bond motifs is 1. The van der Waals surface area contributed by atoms with Gasteiger partial charge in [0.15, 0.2) is 13.2 Å². The van der Waals surface area contributed by atoms with Crippen molar-refractivity contribution in [3.8, 4) is 5.75 Å². The van der Waals surface area contributed by atoms with Crippen LogP contribution in [0.15, 0.2) is 29.6 Å². The molecule has 0 aliphatic carbocycles. The van der Waals surface area contributed by atoms with E-state index in [1.807, 2.05) is 43.5 Å². The van der Waals surface area contributed by atoms with Crippen LogP contribution in [-0.2, 0) is 27.3 Å². The van der Waals surface area contributed by atoms with Crippen LogP contribution in [0.3, 0.4) is 0 Å². The number of nitrogens with zero attached hydrogens (tertiary/aromatic N) is 1. The monoisotopic (exact) mass is 359 g/mol. The highest BCUT2D eigenvalue weighted by atomic mass is 32.1. The van der Waals surface area contributed by atoms with Gasteiger partial charge < -0.3 is 14.4 Å². The summed E-state index contributed by atoms with van der Waals surface area (Å²) in [5.74, 6) is -0.0201. The summed E-state index contributed by atoms with van der Waals surface area (Å²) in [6, 6.07) is 7.83. The van der Waals surface area contributed by atoms with Crippen molar-refractivity contribution in [2.45, 2.75) is 26.8 Å². The number of carbonyl (C=O) groups is 2. The lowest BCUT2D eigenvalue weighted by atomic mass is 10.1. The summed E-state index contributed by atoms with van der Waals surface area (Å²) in [6.07, 6.45) is 0.863. The minimum Gasteiger partial charge on any atom is -0.481 e. The van der Waals surface area contributed by atoms with Gasteiger partial charge in [-0.1, -0.05) is 18.2 Å². The van der Waals surface area contributed by atoms with E-state index < -0.39 is 5.97 Å². The van der Waals surface area contributed by atoms with Gasteiger partial charge in [-0.15, -0.1) is 11.3 Å². The van der Waals surface area contributed by atoms with Crippen LogP contribution in [0.2, 0.25) is 0 Å². The van der Waals surface area contributed by atoms with Gasteiger partial charge in [-0.2, -0.15) is 0 Å². The standard InChI is InChI=1S/C19H21NO4S/c1-13-4-3-5-14(2)19(13)24-12-18(22)23-11-17(21)20-8-6-16-15(10-20)7-9-25-16/h3-5,7,9H,6,8,10-12H2,1-2H3. The Morgan fingerprint density at radius 2 is 1.92 bits per heavy atom. The summed E-state index contributed by atoms with van der Waals surface area (Å²) >= 11 is 1.72. The highest BCUT2D eigenvalue weighted by Gasteiger charge is 2.22. The molecular weight excluding hydrogens is 338 g/mol. The smallest absolute Gasteiger partial charge is 0.344 e. The van der Waals surface area contributed by atoms with Crippen molar-refractivity contribution >= 4 is 23.2 Å². The number of hydrogen-bond donors (Lipinski definition) is 0. The number of para-hydroxylation sites is 1. The van der Waals surface area contributed by atoms with Gasteiger partial charge in [-0.05, 0) is 48.4 Å². The van der Waals surface area contributed by atoms with Gasteiger partial charge in [0.1, 0.15) is 5.75 Å². The number of esters is 1. The quantitative estimate of drug-likeness (QED) is 0.771. The predicted octanol–water partition coefficient (Wildman–Crippen LogP) is 2.87. The fourth-order valence-electron chi connectivity index (χ4n) is 2.89. The second-order valence-corrected chi connectivity index (χ2v) is 7.11. The molecular formula is C19H21NO4S. The van der Waals surface area contributed by atoms with E-state index in [0.29, 0.717) is 18.8 Å². The lowest BCUT2D eigenvalue weighted by Gasteiger charge is -2.26. The van der Waals surface area contributed by atoms with Gasteiger partial charge in [-0.3, -0.25) is 4.79 Å². The fraction of sp³-hybridized carbons (Fsp3) is 0.368. The van der Waals surface area contributed by atoms with Crippen molar-refractivity contribution < 1.29 is 19.1 Å². The third-order valence-corrected chi connectivity index (χ3v) is 5.28. The van der Waals surface area contributed by atoms with Crippen LogP contribution in [0.5, 0.6) is 5.75 Å². The maximum atomic E-state index is 12.2. The molecule has 5 nitrogen and oxygen atoms in total. The van der Waals surface area contributed by atoms with Gasteiger partial charge >= 0.3 is 5.97 Å². The van der Waals surface area contributed by atoms with Crippen molar-refractivity contribution in [1.29, 1.82) is 0 Å². The molecule has 0 atom stereocenters. The van der Waals surface area contributed by atoms with Gasteiger partial charge in [0.2, 0.25) is 0 Å². The molecule has 2 heterocycles. The van der Waals surface area contributed by atoms with E-state index in [0.717, 1.165) is 17.5 Å².